The SMILES string of the molecule is CCCCC1(OC)CCN(c2ccc(-c3ncc(-c4ccc(C(=O)OCC)cc4)s3)cc2)CC1. The molecule has 3 aromatic rings. The van der Waals surface area contributed by atoms with Crippen molar-refractivity contribution in [1.82, 2.24) is 4.98 Å². The van der Waals surface area contributed by atoms with E-state index in [2.05, 4.69) is 41.1 Å². The number of benzene rings is 2. The van der Waals surface area contributed by atoms with Crippen molar-refractivity contribution in [3.8, 4) is 21.0 Å². The Morgan fingerprint density at radius 2 is 1.71 bits per heavy atom. The molecular weight excluding hydrogens is 444 g/mol. The minimum absolute atomic E-state index is 0.0538. The van der Waals surface area contributed by atoms with Gasteiger partial charge in [0.05, 0.1) is 22.6 Å². The largest absolute Gasteiger partial charge is 0.462 e. The zero-order valence-electron chi connectivity index (χ0n) is 20.4. The lowest BCUT2D eigenvalue weighted by Crippen LogP contribution is -2.45. The van der Waals surface area contributed by atoms with E-state index in [1.54, 1.807) is 23.5 Å². The lowest BCUT2D eigenvalue weighted by Gasteiger charge is -2.42. The number of thiazole rings is 1. The van der Waals surface area contributed by atoms with Gasteiger partial charge < -0.3 is 14.4 Å². The number of unbranched alkanes of at least 4 members (excludes halogenated alkanes) is 1. The molecule has 0 radical (unpaired) electrons. The lowest BCUT2D eigenvalue weighted by atomic mass is 9.86. The van der Waals surface area contributed by atoms with Gasteiger partial charge in [0.15, 0.2) is 0 Å². The van der Waals surface area contributed by atoms with E-state index in [1.165, 1.54) is 18.5 Å². The predicted octanol–water partition coefficient (Wildman–Crippen LogP) is 6.83. The molecule has 2 aromatic carbocycles. The summed E-state index contributed by atoms with van der Waals surface area (Å²) in [4.78, 5) is 20.1. The summed E-state index contributed by atoms with van der Waals surface area (Å²) < 4.78 is 11.0. The summed E-state index contributed by atoms with van der Waals surface area (Å²) in [6, 6.07) is 16.2. The average molecular weight is 479 g/mol. The Morgan fingerprint density at radius 3 is 2.32 bits per heavy atom. The third kappa shape index (κ3) is 5.50. The number of hydrogen-bond donors (Lipinski definition) is 0. The first-order valence-electron chi connectivity index (χ1n) is 12.2. The van der Waals surface area contributed by atoms with Gasteiger partial charge in [-0.25, -0.2) is 9.78 Å². The van der Waals surface area contributed by atoms with E-state index < -0.39 is 0 Å². The molecule has 1 aliphatic heterocycles. The van der Waals surface area contributed by atoms with Crippen LogP contribution in [-0.4, -0.2) is 43.4 Å². The fourth-order valence-electron chi connectivity index (χ4n) is 4.57. The van der Waals surface area contributed by atoms with Crippen molar-refractivity contribution in [3.05, 3.63) is 60.3 Å². The number of anilines is 1. The Morgan fingerprint density at radius 1 is 1.03 bits per heavy atom. The van der Waals surface area contributed by atoms with Gasteiger partial charge in [-0.05, 0) is 68.1 Å². The van der Waals surface area contributed by atoms with Crippen LogP contribution in [0, 0.1) is 0 Å². The number of esters is 1. The first kappa shape index (κ1) is 24.4. The molecule has 0 spiro atoms. The van der Waals surface area contributed by atoms with E-state index in [1.807, 2.05) is 32.4 Å². The molecule has 0 saturated carbocycles. The minimum atomic E-state index is -0.290. The topological polar surface area (TPSA) is 51.7 Å². The highest BCUT2D eigenvalue weighted by Gasteiger charge is 2.33. The zero-order valence-corrected chi connectivity index (χ0v) is 21.2. The smallest absolute Gasteiger partial charge is 0.338 e. The van der Waals surface area contributed by atoms with Crippen molar-refractivity contribution in [3.63, 3.8) is 0 Å². The molecule has 1 aromatic heterocycles. The zero-order chi connectivity index (χ0) is 24.0. The molecule has 1 fully saturated rings. The Kier molecular flexibility index (Phi) is 8.01. The van der Waals surface area contributed by atoms with Crippen molar-refractivity contribution in [2.45, 2.75) is 51.6 Å². The molecule has 0 atom stereocenters. The number of carbonyl (C=O) groups is 1. The molecule has 1 aliphatic rings. The lowest BCUT2D eigenvalue weighted by molar-refractivity contribution is -0.0374. The average Bonchev–Trinajstić information content (AvgIpc) is 3.39. The number of rotatable bonds is 9. The van der Waals surface area contributed by atoms with Crippen molar-refractivity contribution in [2.75, 3.05) is 31.7 Å². The highest BCUT2D eigenvalue weighted by atomic mass is 32.1. The van der Waals surface area contributed by atoms with E-state index in [-0.39, 0.29) is 11.6 Å². The third-order valence-electron chi connectivity index (χ3n) is 6.76. The first-order chi connectivity index (χ1) is 16.6. The summed E-state index contributed by atoms with van der Waals surface area (Å²) in [5.41, 5.74) is 4.05. The second kappa shape index (κ2) is 11.2. The van der Waals surface area contributed by atoms with Gasteiger partial charge in [-0.1, -0.05) is 31.9 Å². The van der Waals surface area contributed by atoms with Crippen LogP contribution in [0.5, 0.6) is 0 Å². The monoisotopic (exact) mass is 478 g/mol. The fourth-order valence-corrected chi connectivity index (χ4v) is 5.50. The van der Waals surface area contributed by atoms with Gasteiger partial charge in [-0.2, -0.15) is 0 Å². The molecule has 1 saturated heterocycles. The first-order valence-corrected chi connectivity index (χ1v) is 13.0. The number of nitrogens with zero attached hydrogens (tertiary/aromatic N) is 2. The van der Waals surface area contributed by atoms with Crippen LogP contribution in [0.3, 0.4) is 0 Å². The van der Waals surface area contributed by atoms with Gasteiger partial charge in [0, 0.05) is 37.6 Å². The van der Waals surface area contributed by atoms with E-state index in [9.17, 15) is 4.79 Å². The summed E-state index contributed by atoms with van der Waals surface area (Å²) in [5, 5.41) is 0.993. The third-order valence-corrected chi connectivity index (χ3v) is 7.85. The molecule has 0 N–H and O–H groups in total. The Labute approximate surface area is 206 Å². The second-order valence-electron chi connectivity index (χ2n) is 8.85. The molecule has 5 nitrogen and oxygen atoms in total. The van der Waals surface area contributed by atoms with Gasteiger partial charge in [-0.3, -0.25) is 0 Å². The van der Waals surface area contributed by atoms with Crippen LogP contribution in [0.4, 0.5) is 5.69 Å². The van der Waals surface area contributed by atoms with Crippen molar-refractivity contribution in [2.24, 2.45) is 0 Å². The summed E-state index contributed by atoms with van der Waals surface area (Å²) in [7, 11) is 1.87. The number of methoxy groups -OCH3 is 1. The molecular formula is C28H34N2O3S. The maximum absolute atomic E-state index is 11.9. The normalized spacial score (nSPS) is 15.3. The van der Waals surface area contributed by atoms with Crippen LogP contribution >= 0.6 is 11.3 Å². The highest BCUT2D eigenvalue weighted by Crippen LogP contribution is 2.35. The van der Waals surface area contributed by atoms with Crippen LogP contribution in [-0.2, 0) is 9.47 Å². The van der Waals surface area contributed by atoms with Crippen molar-refractivity contribution < 1.29 is 14.3 Å². The molecule has 0 aliphatic carbocycles. The van der Waals surface area contributed by atoms with E-state index in [0.717, 1.165) is 53.4 Å². The molecule has 4 rings (SSSR count). The Hall–Kier alpha value is -2.70. The Bertz CT molecular complexity index is 1070. The number of carbonyl (C=O) groups excluding carboxylic acids is 1. The summed E-state index contributed by atoms with van der Waals surface area (Å²) in [5.74, 6) is -0.290. The fraction of sp³-hybridized carbons (Fsp3) is 0.429. The highest BCUT2D eigenvalue weighted by molar-refractivity contribution is 7.18. The van der Waals surface area contributed by atoms with E-state index >= 15 is 0 Å². The van der Waals surface area contributed by atoms with Gasteiger partial charge in [0.2, 0.25) is 0 Å². The maximum atomic E-state index is 11.9. The summed E-state index contributed by atoms with van der Waals surface area (Å²) >= 11 is 1.66. The van der Waals surface area contributed by atoms with E-state index in [0.29, 0.717) is 12.2 Å². The predicted molar refractivity (Wildman–Crippen MR) is 140 cm³/mol. The molecule has 6 heteroatoms. The van der Waals surface area contributed by atoms with Crippen molar-refractivity contribution >= 4 is 23.0 Å². The van der Waals surface area contributed by atoms with Crippen LogP contribution < -0.4 is 4.90 Å². The van der Waals surface area contributed by atoms with Crippen LogP contribution in [0.15, 0.2) is 54.7 Å². The molecule has 180 valence electrons. The number of piperidine rings is 1. The molecule has 2 heterocycles. The molecule has 34 heavy (non-hydrogen) atoms. The standard InChI is InChI=1S/C28H34N2O3S/c1-4-6-15-28(32-3)16-18-30(19-17-28)24-13-11-22(12-14-24)26-29-20-25(34-26)21-7-9-23(10-8-21)27(31)33-5-2/h7-14,20H,4-6,15-19H2,1-3H3. The van der Waals surface area contributed by atoms with Crippen LogP contribution in [0.1, 0.15) is 56.3 Å². The number of aromatic nitrogens is 1. The van der Waals surface area contributed by atoms with Crippen LogP contribution in [0.2, 0.25) is 0 Å². The van der Waals surface area contributed by atoms with Gasteiger partial charge in [0.1, 0.15) is 5.01 Å². The maximum Gasteiger partial charge on any atom is 0.338 e. The number of ether oxygens (including phenoxy) is 2. The molecule has 0 unspecified atom stereocenters. The van der Waals surface area contributed by atoms with Gasteiger partial charge in [-0.15, -0.1) is 11.3 Å². The second-order valence-corrected chi connectivity index (χ2v) is 9.88. The molecule has 0 bridgehead atoms. The van der Waals surface area contributed by atoms with Crippen LogP contribution in [0.25, 0.3) is 21.0 Å². The van der Waals surface area contributed by atoms with Gasteiger partial charge >= 0.3 is 5.97 Å². The number of hydrogen-bond acceptors (Lipinski definition) is 6. The van der Waals surface area contributed by atoms with E-state index in [4.69, 9.17) is 9.47 Å². The minimum Gasteiger partial charge on any atom is -0.462 e. The Balaban J connectivity index is 1.40. The van der Waals surface area contributed by atoms with Gasteiger partial charge in [0.25, 0.3) is 0 Å². The summed E-state index contributed by atoms with van der Waals surface area (Å²) in [6.45, 7) is 6.49. The van der Waals surface area contributed by atoms with Crippen molar-refractivity contribution in [1.29, 1.82) is 0 Å². The molecule has 0 amide bonds. The summed E-state index contributed by atoms with van der Waals surface area (Å²) in [6.07, 6.45) is 7.66. The quantitative estimate of drug-likeness (QED) is 0.316.